The first-order chi connectivity index (χ1) is 26.7. The molecule has 250 valence electrons. The molecule has 0 saturated carbocycles. The van der Waals surface area contributed by atoms with Crippen molar-refractivity contribution >= 4 is 64.6 Å². The molecule has 3 heteroatoms. The molecule has 0 saturated heterocycles. The van der Waals surface area contributed by atoms with Crippen LogP contribution in [0.3, 0.4) is 0 Å². The molecule has 0 N–H and O–H groups in total. The second kappa shape index (κ2) is 12.2. The zero-order chi connectivity index (χ0) is 35.6. The summed E-state index contributed by atoms with van der Waals surface area (Å²) in [6, 6.07) is 67.0. The summed E-state index contributed by atoms with van der Waals surface area (Å²) in [5.41, 5.74) is 5.22. The fourth-order valence-corrected chi connectivity index (χ4v) is 8.22. The minimum Gasteiger partial charge on any atom is -0.208 e. The van der Waals surface area contributed by atoms with Gasteiger partial charge in [0.2, 0.25) is 0 Å². The van der Waals surface area contributed by atoms with Crippen LogP contribution in [0.1, 0.15) is 0 Å². The molecule has 1 heterocycles. The Hall–Kier alpha value is -7.23. The molecule has 0 aliphatic heterocycles. The summed E-state index contributed by atoms with van der Waals surface area (Å²) in [7, 11) is 0. The molecule has 3 nitrogen and oxygen atoms in total. The summed E-state index contributed by atoms with van der Waals surface area (Å²) in [6.45, 7) is 0. The van der Waals surface area contributed by atoms with E-state index in [4.69, 9.17) is 15.0 Å². The van der Waals surface area contributed by atoms with Gasteiger partial charge in [-0.25, -0.2) is 15.0 Å². The van der Waals surface area contributed by atoms with Crippen molar-refractivity contribution in [3.63, 3.8) is 0 Å². The topological polar surface area (TPSA) is 38.7 Å². The average molecular weight is 686 g/mol. The fraction of sp³-hybridized carbons (Fsp3) is 0. The predicted octanol–water partition coefficient (Wildman–Crippen LogP) is 13.5. The molecule has 0 amide bonds. The second-order valence-electron chi connectivity index (χ2n) is 14.0. The Morgan fingerprint density at radius 3 is 1.39 bits per heavy atom. The fourth-order valence-electron chi connectivity index (χ4n) is 8.22. The highest BCUT2D eigenvalue weighted by Crippen LogP contribution is 2.40. The van der Waals surface area contributed by atoms with Crippen LogP contribution < -0.4 is 0 Å². The zero-order valence-electron chi connectivity index (χ0n) is 29.2. The molecule has 0 aliphatic carbocycles. The van der Waals surface area contributed by atoms with Crippen molar-refractivity contribution in [2.45, 2.75) is 0 Å². The summed E-state index contributed by atoms with van der Waals surface area (Å²) in [4.78, 5) is 15.8. The molecule has 1 aromatic heterocycles. The van der Waals surface area contributed by atoms with Crippen molar-refractivity contribution in [1.82, 2.24) is 15.0 Å². The van der Waals surface area contributed by atoms with E-state index >= 15 is 0 Å². The van der Waals surface area contributed by atoms with Crippen molar-refractivity contribution in [1.29, 1.82) is 0 Å². The minimum atomic E-state index is 0.640. The quantitative estimate of drug-likeness (QED) is 0.137. The van der Waals surface area contributed by atoms with Gasteiger partial charge < -0.3 is 0 Å². The lowest BCUT2D eigenvalue weighted by atomic mass is 9.93. The highest BCUT2D eigenvalue weighted by molar-refractivity contribution is 6.20. The van der Waals surface area contributed by atoms with Crippen LogP contribution in [0.15, 0.2) is 188 Å². The third-order valence-corrected chi connectivity index (χ3v) is 10.9. The number of benzene rings is 10. The van der Waals surface area contributed by atoms with E-state index < -0.39 is 0 Å². The van der Waals surface area contributed by atoms with E-state index in [1.807, 2.05) is 6.07 Å². The van der Waals surface area contributed by atoms with Gasteiger partial charge in [-0.3, -0.25) is 0 Å². The van der Waals surface area contributed by atoms with Crippen LogP contribution in [0, 0.1) is 0 Å². The van der Waals surface area contributed by atoms with Gasteiger partial charge >= 0.3 is 0 Å². The van der Waals surface area contributed by atoms with E-state index in [1.165, 1.54) is 48.7 Å². The summed E-state index contributed by atoms with van der Waals surface area (Å²) >= 11 is 0. The van der Waals surface area contributed by atoms with Gasteiger partial charge in [0.15, 0.2) is 17.5 Å². The van der Waals surface area contributed by atoms with Crippen LogP contribution in [0.25, 0.3) is 110 Å². The van der Waals surface area contributed by atoms with E-state index in [-0.39, 0.29) is 0 Å². The standard InChI is InChI=1S/C51H31N3/c1-2-10-32(11-3-1)33-18-20-36(21-19-33)49-52-50(39-25-26-42-38(30-39)24-28-44-40-15-7-4-12-34(40)22-27-45(42)44)54-51(53-49)48-43-17-9-6-14-37(43)31-47-41-16-8-5-13-35(41)23-29-46(47)48/h1-31H. The largest absolute Gasteiger partial charge is 0.208 e. The Labute approximate surface area is 311 Å². The molecule has 54 heavy (non-hydrogen) atoms. The van der Waals surface area contributed by atoms with Gasteiger partial charge in [-0.05, 0) is 87.9 Å². The lowest BCUT2D eigenvalue weighted by Crippen LogP contribution is -2.01. The molecular weight excluding hydrogens is 655 g/mol. The van der Waals surface area contributed by atoms with Crippen molar-refractivity contribution in [3.05, 3.63) is 188 Å². The van der Waals surface area contributed by atoms with Gasteiger partial charge in [-0.1, -0.05) is 176 Å². The molecule has 0 aliphatic rings. The molecule has 0 fully saturated rings. The Kier molecular flexibility index (Phi) is 6.86. The Bertz CT molecular complexity index is 3260. The number of nitrogens with zero attached hydrogens (tertiary/aromatic N) is 3. The molecule has 0 spiro atoms. The Morgan fingerprint density at radius 2 is 0.667 bits per heavy atom. The molecule has 0 atom stereocenters. The number of rotatable bonds is 4. The SMILES string of the molecule is c1ccc(-c2ccc(-c3nc(-c4ccc5c(ccc6c7ccccc7ccc56)c4)nc(-c4c5ccccc5cc5c4ccc4ccccc45)n3)cc2)cc1. The Balaban J connectivity index is 1.15. The molecule has 11 rings (SSSR count). The molecule has 0 bridgehead atoms. The van der Waals surface area contributed by atoms with E-state index in [1.54, 1.807) is 0 Å². The van der Waals surface area contributed by atoms with E-state index in [2.05, 4.69) is 182 Å². The van der Waals surface area contributed by atoms with Gasteiger partial charge in [-0.15, -0.1) is 0 Å². The van der Waals surface area contributed by atoms with Gasteiger partial charge in [0.1, 0.15) is 0 Å². The number of aromatic nitrogens is 3. The number of hydrogen-bond donors (Lipinski definition) is 0. The van der Waals surface area contributed by atoms with Gasteiger partial charge in [0.05, 0.1) is 0 Å². The first kappa shape index (κ1) is 30.4. The molecule has 11 aromatic rings. The number of fused-ring (bicyclic) bond motifs is 9. The van der Waals surface area contributed by atoms with E-state index in [9.17, 15) is 0 Å². The van der Waals surface area contributed by atoms with Crippen LogP contribution in [0.4, 0.5) is 0 Å². The summed E-state index contributed by atoms with van der Waals surface area (Å²) in [6.07, 6.45) is 0. The lowest BCUT2D eigenvalue weighted by molar-refractivity contribution is 1.08. The minimum absolute atomic E-state index is 0.640. The van der Waals surface area contributed by atoms with Gasteiger partial charge in [0, 0.05) is 16.7 Å². The molecular formula is C51H31N3. The maximum Gasteiger partial charge on any atom is 0.165 e. The van der Waals surface area contributed by atoms with Crippen LogP contribution in [0.5, 0.6) is 0 Å². The Morgan fingerprint density at radius 1 is 0.222 bits per heavy atom. The smallest absolute Gasteiger partial charge is 0.165 e. The third kappa shape index (κ3) is 4.94. The van der Waals surface area contributed by atoms with Crippen LogP contribution >= 0.6 is 0 Å². The first-order valence-electron chi connectivity index (χ1n) is 18.4. The maximum absolute atomic E-state index is 5.33. The van der Waals surface area contributed by atoms with Crippen LogP contribution in [-0.2, 0) is 0 Å². The second-order valence-corrected chi connectivity index (χ2v) is 14.0. The van der Waals surface area contributed by atoms with E-state index in [0.29, 0.717) is 17.5 Å². The summed E-state index contributed by atoms with van der Waals surface area (Å²) in [5.74, 6) is 1.94. The van der Waals surface area contributed by atoms with Crippen molar-refractivity contribution < 1.29 is 0 Å². The molecule has 10 aromatic carbocycles. The van der Waals surface area contributed by atoms with Crippen molar-refractivity contribution in [3.8, 4) is 45.3 Å². The summed E-state index contributed by atoms with van der Waals surface area (Å²) < 4.78 is 0. The molecule has 0 unspecified atom stereocenters. The van der Waals surface area contributed by atoms with E-state index in [0.717, 1.165) is 43.8 Å². The normalized spacial score (nSPS) is 11.7. The van der Waals surface area contributed by atoms with Crippen molar-refractivity contribution in [2.75, 3.05) is 0 Å². The third-order valence-electron chi connectivity index (χ3n) is 10.9. The number of hydrogen-bond acceptors (Lipinski definition) is 3. The van der Waals surface area contributed by atoms with Gasteiger partial charge in [0.25, 0.3) is 0 Å². The van der Waals surface area contributed by atoms with Crippen molar-refractivity contribution in [2.24, 2.45) is 0 Å². The predicted molar refractivity (Wildman–Crippen MR) is 227 cm³/mol. The highest BCUT2D eigenvalue weighted by atomic mass is 15.0. The van der Waals surface area contributed by atoms with Crippen LogP contribution in [0.2, 0.25) is 0 Å². The zero-order valence-corrected chi connectivity index (χ0v) is 29.2. The summed E-state index contributed by atoms with van der Waals surface area (Å²) in [5, 5.41) is 14.3. The average Bonchev–Trinajstić information content (AvgIpc) is 3.25. The first-order valence-corrected chi connectivity index (χ1v) is 18.4. The van der Waals surface area contributed by atoms with Crippen LogP contribution in [-0.4, -0.2) is 15.0 Å². The molecule has 0 radical (unpaired) electrons. The van der Waals surface area contributed by atoms with Gasteiger partial charge in [-0.2, -0.15) is 0 Å². The monoisotopic (exact) mass is 685 g/mol. The highest BCUT2D eigenvalue weighted by Gasteiger charge is 2.19. The maximum atomic E-state index is 5.33. The lowest BCUT2D eigenvalue weighted by Gasteiger charge is -2.15.